The molecule has 0 spiro atoms. The van der Waals surface area contributed by atoms with E-state index >= 15 is 0 Å². The van der Waals surface area contributed by atoms with Crippen LogP contribution in [0.2, 0.25) is 0 Å². The third kappa shape index (κ3) is 2.00. The van der Waals surface area contributed by atoms with E-state index in [1.807, 2.05) is 0 Å². The number of benzene rings is 1. The van der Waals surface area contributed by atoms with Crippen LogP contribution in [0.15, 0.2) is 42.5 Å². The molecule has 0 saturated carbocycles. The van der Waals surface area contributed by atoms with E-state index in [2.05, 4.69) is 54.3 Å². The maximum Gasteiger partial charge on any atom is 0.0477 e. The predicted molar refractivity (Wildman–Crippen MR) is 73.1 cm³/mol. The smallest absolute Gasteiger partial charge is 0.0477 e. The van der Waals surface area contributed by atoms with Crippen molar-refractivity contribution in [2.75, 3.05) is 6.61 Å². The van der Waals surface area contributed by atoms with Gasteiger partial charge in [-0.2, -0.15) is 0 Å². The van der Waals surface area contributed by atoms with Gasteiger partial charge in [-0.1, -0.05) is 42.5 Å². The van der Waals surface area contributed by atoms with Crippen LogP contribution in [0, 0.1) is 11.8 Å². The van der Waals surface area contributed by atoms with Crippen molar-refractivity contribution in [3.05, 3.63) is 48.0 Å². The van der Waals surface area contributed by atoms with Crippen molar-refractivity contribution in [2.45, 2.75) is 32.0 Å². The van der Waals surface area contributed by atoms with Crippen molar-refractivity contribution in [3.63, 3.8) is 0 Å². The van der Waals surface area contributed by atoms with Crippen molar-refractivity contribution in [1.82, 2.24) is 4.90 Å². The zero-order valence-corrected chi connectivity index (χ0v) is 10.9. The second-order valence-corrected chi connectivity index (χ2v) is 5.62. The molecule has 0 aromatic heterocycles. The van der Waals surface area contributed by atoms with E-state index in [4.69, 9.17) is 0 Å². The molecular weight excluding hydrogens is 222 g/mol. The van der Waals surface area contributed by atoms with Gasteiger partial charge in [0.15, 0.2) is 0 Å². The highest BCUT2D eigenvalue weighted by Gasteiger charge is 2.41. The largest absolute Gasteiger partial charge is 0.396 e. The Balaban J connectivity index is 1.81. The van der Waals surface area contributed by atoms with Gasteiger partial charge in [0.25, 0.3) is 0 Å². The minimum Gasteiger partial charge on any atom is -0.396 e. The lowest BCUT2D eigenvalue weighted by molar-refractivity contribution is 0.00316. The summed E-state index contributed by atoms with van der Waals surface area (Å²) in [4.78, 5) is 2.55. The molecule has 0 unspecified atom stereocenters. The highest BCUT2D eigenvalue weighted by atomic mass is 16.3. The van der Waals surface area contributed by atoms with Crippen LogP contribution in [-0.4, -0.2) is 28.7 Å². The van der Waals surface area contributed by atoms with Crippen LogP contribution in [0.5, 0.6) is 0 Å². The Morgan fingerprint density at radius 3 is 2.72 bits per heavy atom. The maximum absolute atomic E-state index is 9.52. The zero-order chi connectivity index (χ0) is 12.5. The van der Waals surface area contributed by atoms with E-state index in [1.165, 1.54) is 5.56 Å². The number of aliphatic hydroxyl groups is 1. The second-order valence-electron chi connectivity index (χ2n) is 5.62. The SMILES string of the molecule is C[C@H]1[C@H]2C=C[C@H]([C@H](CO)C2)N1Cc1ccccc1. The summed E-state index contributed by atoms with van der Waals surface area (Å²) < 4.78 is 0. The molecule has 0 amide bonds. The summed E-state index contributed by atoms with van der Waals surface area (Å²) >= 11 is 0. The number of hydrogen-bond acceptors (Lipinski definition) is 2. The van der Waals surface area contributed by atoms with Gasteiger partial charge in [-0.25, -0.2) is 0 Å². The molecule has 1 aromatic carbocycles. The normalized spacial score (nSPS) is 35.0. The standard InChI is InChI=1S/C16H21NO/c1-12-14-7-8-16(15(9-14)11-18)17(12)10-13-5-3-2-4-6-13/h2-8,12,14-16,18H,9-11H2,1H3/t12-,14-,15-,16+/m0/s1. The van der Waals surface area contributed by atoms with Gasteiger partial charge >= 0.3 is 0 Å². The molecule has 96 valence electrons. The quantitative estimate of drug-likeness (QED) is 0.824. The van der Waals surface area contributed by atoms with Crippen LogP contribution in [-0.2, 0) is 6.54 Å². The molecule has 2 bridgehead atoms. The van der Waals surface area contributed by atoms with E-state index in [0.717, 1.165) is 13.0 Å². The van der Waals surface area contributed by atoms with Gasteiger partial charge in [0.1, 0.15) is 0 Å². The van der Waals surface area contributed by atoms with Crippen molar-refractivity contribution in [3.8, 4) is 0 Å². The topological polar surface area (TPSA) is 23.5 Å². The predicted octanol–water partition coefficient (Wildman–Crippen LogP) is 2.44. The first-order chi connectivity index (χ1) is 8.79. The van der Waals surface area contributed by atoms with Crippen LogP contribution >= 0.6 is 0 Å². The van der Waals surface area contributed by atoms with Gasteiger partial charge in [-0.3, -0.25) is 4.90 Å². The molecule has 3 aliphatic rings. The lowest BCUT2D eigenvalue weighted by Crippen LogP contribution is -2.55. The molecule has 4 rings (SSSR count). The Morgan fingerprint density at radius 2 is 2.00 bits per heavy atom. The average molecular weight is 243 g/mol. The number of fused-ring (bicyclic) bond motifs is 2. The molecule has 2 nitrogen and oxygen atoms in total. The summed E-state index contributed by atoms with van der Waals surface area (Å²) in [5.74, 6) is 1.02. The zero-order valence-electron chi connectivity index (χ0n) is 10.9. The van der Waals surface area contributed by atoms with Crippen LogP contribution in [0.25, 0.3) is 0 Å². The monoisotopic (exact) mass is 243 g/mol. The summed E-state index contributed by atoms with van der Waals surface area (Å²) in [6, 6.07) is 11.6. The molecule has 1 saturated heterocycles. The fourth-order valence-corrected chi connectivity index (χ4v) is 3.46. The lowest BCUT2D eigenvalue weighted by Gasteiger charge is -2.50. The van der Waals surface area contributed by atoms with E-state index < -0.39 is 0 Å². The Labute approximate surface area is 109 Å². The van der Waals surface area contributed by atoms with Crippen LogP contribution in [0.4, 0.5) is 0 Å². The highest BCUT2D eigenvalue weighted by Crippen LogP contribution is 2.39. The Bertz CT molecular complexity index is 428. The van der Waals surface area contributed by atoms with Gasteiger partial charge in [-0.15, -0.1) is 0 Å². The molecule has 2 aliphatic heterocycles. The molecule has 2 heteroatoms. The van der Waals surface area contributed by atoms with E-state index in [-0.39, 0.29) is 0 Å². The first-order valence-electron chi connectivity index (χ1n) is 6.88. The van der Waals surface area contributed by atoms with Gasteiger partial charge in [0.05, 0.1) is 0 Å². The molecule has 1 aliphatic carbocycles. The Kier molecular flexibility index (Phi) is 3.23. The molecule has 4 atom stereocenters. The summed E-state index contributed by atoms with van der Waals surface area (Å²) in [7, 11) is 0. The van der Waals surface area contributed by atoms with Crippen LogP contribution in [0.3, 0.4) is 0 Å². The summed E-state index contributed by atoms with van der Waals surface area (Å²) in [5, 5.41) is 9.52. The molecule has 1 fully saturated rings. The Hall–Kier alpha value is -1.12. The fraction of sp³-hybridized carbons (Fsp3) is 0.500. The third-order valence-electron chi connectivity index (χ3n) is 4.58. The number of hydrogen-bond donors (Lipinski definition) is 1. The van der Waals surface area contributed by atoms with E-state index in [1.54, 1.807) is 0 Å². The van der Waals surface area contributed by atoms with Gasteiger partial charge in [0.2, 0.25) is 0 Å². The molecule has 2 heterocycles. The fourth-order valence-electron chi connectivity index (χ4n) is 3.46. The highest BCUT2D eigenvalue weighted by molar-refractivity contribution is 5.19. The first kappa shape index (κ1) is 11.9. The second kappa shape index (κ2) is 4.87. The molecule has 18 heavy (non-hydrogen) atoms. The summed E-state index contributed by atoms with van der Waals surface area (Å²) in [6.07, 6.45) is 5.80. The van der Waals surface area contributed by atoms with Crippen LogP contribution < -0.4 is 0 Å². The summed E-state index contributed by atoms with van der Waals surface area (Å²) in [6.45, 7) is 3.62. The van der Waals surface area contributed by atoms with Crippen molar-refractivity contribution in [1.29, 1.82) is 0 Å². The average Bonchev–Trinajstić information content (AvgIpc) is 2.43. The molecule has 0 radical (unpaired) electrons. The van der Waals surface area contributed by atoms with E-state index in [0.29, 0.717) is 30.5 Å². The maximum atomic E-state index is 9.52. The van der Waals surface area contributed by atoms with Crippen molar-refractivity contribution >= 4 is 0 Å². The minimum atomic E-state index is 0.309. The van der Waals surface area contributed by atoms with Crippen molar-refractivity contribution in [2.24, 2.45) is 11.8 Å². The molecule has 1 N–H and O–H groups in total. The number of piperidine rings is 1. The molecule has 1 aromatic rings. The van der Waals surface area contributed by atoms with Gasteiger partial charge in [0, 0.05) is 31.2 Å². The number of aliphatic hydroxyl groups excluding tert-OH is 1. The lowest BCUT2D eigenvalue weighted by atomic mass is 9.74. The van der Waals surface area contributed by atoms with E-state index in [9.17, 15) is 5.11 Å². The first-order valence-corrected chi connectivity index (χ1v) is 6.88. The van der Waals surface area contributed by atoms with Crippen molar-refractivity contribution < 1.29 is 5.11 Å². The minimum absolute atomic E-state index is 0.309. The molecular formula is C16H21NO. The third-order valence-corrected chi connectivity index (χ3v) is 4.58. The summed E-state index contributed by atoms with van der Waals surface area (Å²) in [5.41, 5.74) is 1.36. The Morgan fingerprint density at radius 1 is 1.22 bits per heavy atom. The number of nitrogens with zero attached hydrogens (tertiary/aromatic N) is 1. The van der Waals surface area contributed by atoms with Gasteiger partial charge in [-0.05, 0) is 24.8 Å². The number of rotatable bonds is 3. The van der Waals surface area contributed by atoms with Crippen LogP contribution in [0.1, 0.15) is 18.9 Å². The van der Waals surface area contributed by atoms with Gasteiger partial charge < -0.3 is 5.11 Å².